The minimum absolute atomic E-state index is 0.0754. The van der Waals surface area contributed by atoms with Crippen molar-refractivity contribution in [2.24, 2.45) is 5.92 Å². The van der Waals surface area contributed by atoms with Gasteiger partial charge in [-0.2, -0.15) is 0 Å². The van der Waals surface area contributed by atoms with Gasteiger partial charge in [0.15, 0.2) is 0 Å². The van der Waals surface area contributed by atoms with Crippen molar-refractivity contribution in [3.8, 4) is 0 Å². The smallest absolute Gasteiger partial charge is 0.326 e. The number of rotatable bonds is 6. The molecule has 1 saturated carbocycles. The maximum absolute atomic E-state index is 12.8. The molecule has 1 aliphatic carbocycles. The van der Waals surface area contributed by atoms with Crippen LogP contribution < -0.4 is 5.32 Å². The molecule has 0 bridgehead atoms. The standard InChI is InChI=1S/C17H21ClN2O4/c1-9(2)15(21)19-11-4-7-14(18)13(8-11)16(22)20(12-5-6-12)10(3)17(23)24/h4,7-10,12H,5-6H2,1-3H3,(H,19,21)(H,23,24). The molecule has 0 saturated heterocycles. The van der Waals surface area contributed by atoms with Gasteiger partial charge in [-0.1, -0.05) is 25.4 Å². The van der Waals surface area contributed by atoms with Gasteiger partial charge in [-0.25, -0.2) is 4.79 Å². The van der Waals surface area contributed by atoms with Crippen molar-refractivity contribution < 1.29 is 19.5 Å². The lowest BCUT2D eigenvalue weighted by atomic mass is 10.1. The molecule has 1 aromatic rings. The number of halogens is 1. The van der Waals surface area contributed by atoms with Gasteiger partial charge < -0.3 is 15.3 Å². The summed E-state index contributed by atoms with van der Waals surface area (Å²) in [6.07, 6.45) is 1.56. The molecule has 0 aliphatic heterocycles. The molecule has 0 aromatic heterocycles. The Morgan fingerprint density at radius 1 is 1.25 bits per heavy atom. The topological polar surface area (TPSA) is 86.7 Å². The average molecular weight is 353 g/mol. The first-order chi connectivity index (χ1) is 11.2. The molecule has 0 radical (unpaired) electrons. The molecule has 0 spiro atoms. The van der Waals surface area contributed by atoms with Crippen LogP contribution in [0.3, 0.4) is 0 Å². The van der Waals surface area contributed by atoms with Gasteiger partial charge in [0.05, 0.1) is 10.6 Å². The number of anilines is 1. The maximum atomic E-state index is 12.8. The minimum atomic E-state index is -1.06. The Kier molecular flexibility index (Phi) is 5.49. The number of benzene rings is 1. The highest BCUT2D eigenvalue weighted by Crippen LogP contribution is 2.32. The third-order valence-corrected chi connectivity index (χ3v) is 4.27. The summed E-state index contributed by atoms with van der Waals surface area (Å²) < 4.78 is 0. The molecule has 1 atom stereocenters. The lowest BCUT2D eigenvalue weighted by molar-refractivity contribution is -0.141. The summed E-state index contributed by atoms with van der Waals surface area (Å²) in [7, 11) is 0. The Morgan fingerprint density at radius 2 is 1.88 bits per heavy atom. The molecule has 1 unspecified atom stereocenters. The van der Waals surface area contributed by atoms with Gasteiger partial charge in [-0.15, -0.1) is 0 Å². The van der Waals surface area contributed by atoms with Crippen LogP contribution >= 0.6 is 11.6 Å². The quantitative estimate of drug-likeness (QED) is 0.823. The molecule has 1 aliphatic rings. The second-order valence-electron chi connectivity index (χ2n) is 6.30. The van der Waals surface area contributed by atoms with E-state index in [1.54, 1.807) is 19.9 Å². The molecule has 2 rings (SSSR count). The zero-order valence-corrected chi connectivity index (χ0v) is 14.6. The average Bonchev–Trinajstić information content (AvgIpc) is 3.33. The third kappa shape index (κ3) is 4.06. The van der Waals surface area contributed by atoms with Crippen LogP contribution in [-0.2, 0) is 9.59 Å². The molecular formula is C17H21ClN2O4. The van der Waals surface area contributed by atoms with Gasteiger partial charge in [0.25, 0.3) is 5.91 Å². The summed E-state index contributed by atoms with van der Waals surface area (Å²) in [5.41, 5.74) is 0.651. The van der Waals surface area contributed by atoms with E-state index in [1.807, 2.05) is 0 Å². The van der Waals surface area contributed by atoms with Crippen LogP contribution in [0.1, 0.15) is 44.0 Å². The Morgan fingerprint density at radius 3 is 2.38 bits per heavy atom. The summed E-state index contributed by atoms with van der Waals surface area (Å²) >= 11 is 6.14. The summed E-state index contributed by atoms with van der Waals surface area (Å²) in [5, 5.41) is 12.2. The van der Waals surface area contributed by atoms with Gasteiger partial charge in [0, 0.05) is 17.6 Å². The number of amides is 2. The second-order valence-corrected chi connectivity index (χ2v) is 6.70. The number of hydrogen-bond acceptors (Lipinski definition) is 3. The van der Waals surface area contributed by atoms with E-state index in [2.05, 4.69) is 5.32 Å². The summed E-state index contributed by atoms with van der Waals surface area (Å²) in [5.74, 6) is -1.86. The van der Waals surface area contributed by atoms with Crippen molar-refractivity contribution >= 4 is 35.1 Å². The largest absolute Gasteiger partial charge is 0.480 e. The van der Waals surface area contributed by atoms with Crippen LogP contribution in [0.15, 0.2) is 18.2 Å². The van der Waals surface area contributed by atoms with Crippen molar-refractivity contribution in [2.45, 2.75) is 45.7 Å². The predicted octanol–water partition coefficient (Wildman–Crippen LogP) is 3.01. The number of nitrogens with zero attached hydrogens (tertiary/aromatic N) is 1. The van der Waals surface area contributed by atoms with E-state index in [0.717, 1.165) is 12.8 Å². The van der Waals surface area contributed by atoms with Gasteiger partial charge in [0.1, 0.15) is 6.04 Å². The molecule has 7 heteroatoms. The highest BCUT2D eigenvalue weighted by molar-refractivity contribution is 6.34. The fourth-order valence-corrected chi connectivity index (χ4v) is 2.52. The molecule has 130 valence electrons. The first-order valence-electron chi connectivity index (χ1n) is 7.88. The summed E-state index contributed by atoms with van der Waals surface area (Å²) in [6, 6.07) is 3.63. The van der Waals surface area contributed by atoms with Crippen LogP contribution in [-0.4, -0.2) is 39.9 Å². The van der Waals surface area contributed by atoms with Gasteiger partial charge >= 0.3 is 5.97 Å². The highest BCUT2D eigenvalue weighted by atomic mass is 35.5. The van der Waals surface area contributed by atoms with Crippen molar-refractivity contribution in [2.75, 3.05) is 5.32 Å². The normalized spacial score (nSPS) is 15.0. The maximum Gasteiger partial charge on any atom is 0.326 e. The number of carbonyl (C=O) groups excluding carboxylic acids is 2. The van der Waals surface area contributed by atoms with E-state index in [-0.39, 0.29) is 28.5 Å². The number of carboxylic acids is 1. The van der Waals surface area contributed by atoms with E-state index >= 15 is 0 Å². The first-order valence-corrected chi connectivity index (χ1v) is 8.26. The van der Waals surface area contributed by atoms with Gasteiger partial charge in [-0.3, -0.25) is 9.59 Å². The SMILES string of the molecule is CC(C)C(=O)Nc1ccc(Cl)c(C(=O)N(C2CC2)C(C)C(=O)O)c1. The lowest BCUT2D eigenvalue weighted by Crippen LogP contribution is -2.44. The molecular weight excluding hydrogens is 332 g/mol. The Labute approximate surface area is 145 Å². The zero-order chi connectivity index (χ0) is 18.0. The van der Waals surface area contributed by atoms with Gasteiger partial charge in [-0.05, 0) is 38.0 Å². The monoisotopic (exact) mass is 352 g/mol. The molecule has 0 heterocycles. The fraction of sp³-hybridized carbons (Fsp3) is 0.471. The Bertz CT molecular complexity index is 671. The van der Waals surface area contributed by atoms with Crippen LogP contribution in [0.4, 0.5) is 5.69 Å². The zero-order valence-electron chi connectivity index (χ0n) is 13.9. The minimum Gasteiger partial charge on any atom is -0.480 e. The lowest BCUT2D eigenvalue weighted by Gasteiger charge is -2.27. The second kappa shape index (κ2) is 7.21. The molecule has 2 N–H and O–H groups in total. The van der Waals surface area contributed by atoms with Crippen LogP contribution in [0.5, 0.6) is 0 Å². The first kappa shape index (κ1) is 18.3. The predicted molar refractivity (Wildman–Crippen MR) is 91.2 cm³/mol. The van der Waals surface area contributed by atoms with Crippen molar-refractivity contribution in [1.29, 1.82) is 0 Å². The van der Waals surface area contributed by atoms with E-state index < -0.39 is 17.9 Å². The Hall–Kier alpha value is -2.08. The number of nitrogens with one attached hydrogen (secondary N) is 1. The summed E-state index contributed by atoms with van der Waals surface area (Å²) in [6.45, 7) is 5.01. The molecule has 24 heavy (non-hydrogen) atoms. The Balaban J connectivity index is 2.30. The third-order valence-electron chi connectivity index (χ3n) is 3.94. The van der Waals surface area contributed by atoms with Crippen LogP contribution in [0.25, 0.3) is 0 Å². The van der Waals surface area contributed by atoms with Crippen LogP contribution in [0, 0.1) is 5.92 Å². The summed E-state index contributed by atoms with van der Waals surface area (Å²) in [4.78, 5) is 37.3. The van der Waals surface area contributed by atoms with Gasteiger partial charge in [0.2, 0.25) is 5.91 Å². The fourth-order valence-electron chi connectivity index (χ4n) is 2.32. The number of carboxylic acid groups (broad SMARTS) is 1. The molecule has 1 fully saturated rings. The number of aliphatic carboxylic acids is 1. The van der Waals surface area contributed by atoms with Crippen molar-refractivity contribution in [1.82, 2.24) is 4.90 Å². The van der Waals surface area contributed by atoms with Crippen molar-refractivity contribution in [3.05, 3.63) is 28.8 Å². The number of hydrogen-bond donors (Lipinski definition) is 2. The van der Waals surface area contributed by atoms with Crippen molar-refractivity contribution in [3.63, 3.8) is 0 Å². The van der Waals surface area contributed by atoms with Crippen LogP contribution in [0.2, 0.25) is 5.02 Å². The van der Waals surface area contributed by atoms with E-state index in [4.69, 9.17) is 11.6 Å². The molecule has 6 nitrogen and oxygen atoms in total. The van der Waals surface area contributed by atoms with E-state index in [0.29, 0.717) is 5.69 Å². The molecule has 2 amide bonds. The highest BCUT2D eigenvalue weighted by Gasteiger charge is 2.39. The number of carbonyl (C=O) groups is 3. The molecule has 1 aromatic carbocycles. The van der Waals surface area contributed by atoms with E-state index in [1.165, 1.54) is 24.0 Å². The van der Waals surface area contributed by atoms with E-state index in [9.17, 15) is 19.5 Å².